The predicted octanol–water partition coefficient (Wildman–Crippen LogP) is 3.70. The lowest BCUT2D eigenvalue weighted by Crippen LogP contribution is -1.97. The summed E-state index contributed by atoms with van der Waals surface area (Å²) in [6, 6.07) is 8.86. The summed E-state index contributed by atoms with van der Waals surface area (Å²) >= 11 is 0. The molecule has 2 heteroatoms. The molecule has 0 aromatic heterocycles. The topological polar surface area (TPSA) is 23.8 Å². The molecular formula is C13H12FN. The van der Waals surface area contributed by atoms with E-state index in [4.69, 9.17) is 5.26 Å². The number of rotatable bonds is 4. The van der Waals surface area contributed by atoms with Crippen molar-refractivity contribution >= 4 is 0 Å². The van der Waals surface area contributed by atoms with E-state index in [0.717, 1.165) is 5.56 Å². The number of allylic oxidation sites excluding steroid dienone is 2. The van der Waals surface area contributed by atoms with Gasteiger partial charge in [-0.25, -0.2) is 4.39 Å². The first-order chi connectivity index (χ1) is 7.19. The van der Waals surface area contributed by atoms with Crippen molar-refractivity contribution in [3.05, 3.63) is 60.5 Å². The second kappa shape index (κ2) is 5.11. The van der Waals surface area contributed by atoms with Crippen molar-refractivity contribution in [3.8, 4) is 6.07 Å². The molecule has 0 saturated heterocycles. The smallest absolute Gasteiger partial charge is 0.101 e. The Balaban J connectivity index is 2.97. The highest BCUT2D eigenvalue weighted by Gasteiger charge is 2.13. The number of hydrogen-bond donors (Lipinski definition) is 0. The van der Waals surface area contributed by atoms with Gasteiger partial charge in [0.2, 0.25) is 0 Å². The number of benzene rings is 1. The van der Waals surface area contributed by atoms with E-state index < -0.39 is 0 Å². The summed E-state index contributed by atoms with van der Waals surface area (Å²) in [5, 5.41) is 8.62. The highest BCUT2D eigenvalue weighted by molar-refractivity contribution is 5.35. The van der Waals surface area contributed by atoms with Gasteiger partial charge in [0.1, 0.15) is 5.83 Å². The van der Waals surface area contributed by atoms with Gasteiger partial charge in [-0.15, -0.1) is 6.58 Å². The van der Waals surface area contributed by atoms with Crippen LogP contribution in [0.3, 0.4) is 0 Å². The molecule has 15 heavy (non-hydrogen) atoms. The fourth-order valence-corrected chi connectivity index (χ4v) is 1.40. The molecule has 1 aromatic carbocycles. The van der Waals surface area contributed by atoms with Gasteiger partial charge in [-0.2, -0.15) is 5.26 Å². The molecule has 0 spiro atoms. The third kappa shape index (κ3) is 2.78. The third-order valence-electron chi connectivity index (χ3n) is 2.22. The van der Waals surface area contributed by atoms with Crippen molar-refractivity contribution in [2.24, 2.45) is 0 Å². The van der Waals surface area contributed by atoms with Crippen LogP contribution >= 0.6 is 0 Å². The lowest BCUT2D eigenvalue weighted by atomic mass is 9.94. The summed E-state index contributed by atoms with van der Waals surface area (Å²) in [6.07, 6.45) is 2.18. The van der Waals surface area contributed by atoms with Crippen molar-refractivity contribution < 1.29 is 4.39 Å². The van der Waals surface area contributed by atoms with E-state index in [1.54, 1.807) is 30.3 Å². The summed E-state index contributed by atoms with van der Waals surface area (Å²) in [4.78, 5) is 0. The fraction of sp³-hybridized carbons (Fsp3) is 0.154. The van der Waals surface area contributed by atoms with Crippen LogP contribution in [0.4, 0.5) is 4.39 Å². The van der Waals surface area contributed by atoms with Crippen LogP contribution in [-0.2, 0) is 0 Å². The van der Waals surface area contributed by atoms with Gasteiger partial charge in [-0.05, 0) is 24.1 Å². The zero-order valence-corrected chi connectivity index (χ0v) is 8.41. The molecule has 0 heterocycles. The molecule has 0 aliphatic carbocycles. The second-order valence-electron chi connectivity index (χ2n) is 3.26. The molecule has 1 rings (SSSR count). The van der Waals surface area contributed by atoms with Crippen LogP contribution < -0.4 is 0 Å². The molecule has 0 bridgehead atoms. The molecule has 0 fully saturated rings. The molecule has 1 aromatic rings. The molecule has 0 aliphatic rings. The van der Waals surface area contributed by atoms with E-state index in [1.165, 1.54) is 0 Å². The van der Waals surface area contributed by atoms with Gasteiger partial charge < -0.3 is 0 Å². The number of hydrogen-bond acceptors (Lipinski definition) is 1. The van der Waals surface area contributed by atoms with Gasteiger partial charge in [0.15, 0.2) is 0 Å². The zero-order valence-electron chi connectivity index (χ0n) is 8.41. The van der Waals surface area contributed by atoms with Crippen LogP contribution in [0.25, 0.3) is 0 Å². The van der Waals surface area contributed by atoms with Crippen LogP contribution in [0, 0.1) is 11.3 Å². The Morgan fingerprint density at radius 2 is 2.07 bits per heavy atom. The maximum Gasteiger partial charge on any atom is 0.101 e. The predicted molar refractivity (Wildman–Crippen MR) is 59.0 cm³/mol. The quantitative estimate of drug-likeness (QED) is 0.681. The average Bonchev–Trinajstić information content (AvgIpc) is 2.26. The molecule has 0 aliphatic heterocycles. The molecule has 76 valence electrons. The van der Waals surface area contributed by atoms with E-state index >= 15 is 0 Å². The summed E-state index contributed by atoms with van der Waals surface area (Å²) < 4.78 is 13.1. The Morgan fingerprint density at radius 1 is 1.47 bits per heavy atom. The highest BCUT2D eigenvalue weighted by atomic mass is 19.1. The molecule has 0 radical (unpaired) electrons. The highest BCUT2D eigenvalue weighted by Crippen LogP contribution is 2.27. The van der Waals surface area contributed by atoms with Gasteiger partial charge in [-0.1, -0.05) is 24.8 Å². The Hall–Kier alpha value is -1.88. The Labute approximate surface area is 89.2 Å². The van der Waals surface area contributed by atoms with E-state index in [0.29, 0.717) is 12.0 Å². The standard InChI is InChI=1S/C13H12FN/c1-3-4-13(10(2)14)12-7-5-11(9-15)6-8-12/h3,5-8,13H,1-2,4H2. The van der Waals surface area contributed by atoms with E-state index in [2.05, 4.69) is 13.2 Å². The van der Waals surface area contributed by atoms with Crippen molar-refractivity contribution in [2.45, 2.75) is 12.3 Å². The fourth-order valence-electron chi connectivity index (χ4n) is 1.40. The van der Waals surface area contributed by atoms with E-state index in [1.807, 2.05) is 6.07 Å². The van der Waals surface area contributed by atoms with E-state index in [9.17, 15) is 4.39 Å². The van der Waals surface area contributed by atoms with Gasteiger partial charge in [-0.3, -0.25) is 0 Å². The Morgan fingerprint density at radius 3 is 2.47 bits per heavy atom. The van der Waals surface area contributed by atoms with Gasteiger partial charge in [0.05, 0.1) is 11.6 Å². The molecule has 1 atom stereocenters. The maximum atomic E-state index is 13.1. The van der Waals surface area contributed by atoms with Crippen LogP contribution in [-0.4, -0.2) is 0 Å². The second-order valence-corrected chi connectivity index (χ2v) is 3.26. The molecular weight excluding hydrogens is 189 g/mol. The number of halogens is 1. The molecule has 1 unspecified atom stereocenters. The average molecular weight is 201 g/mol. The molecule has 0 amide bonds. The van der Waals surface area contributed by atoms with Crippen LogP contribution in [0.1, 0.15) is 23.5 Å². The van der Waals surface area contributed by atoms with Crippen molar-refractivity contribution in [1.82, 2.24) is 0 Å². The maximum absolute atomic E-state index is 13.1. The van der Waals surface area contributed by atoms with E-state index in [-0.39, 0.29) is 11.7 Å². The van der Waals surface area contributed by atoms with Crippen LogP contribution in [0.5, 0.6) is 0 Å². The Bertz CT molecular complexity index is 398. The van der Waals surface area contributed by atoms with Crippen LogP contribution in [0.2, 0.25) is 0 Å². The lowest BCUT2D eigenvalue weighted by Gasteiger charge is -2.12. The minimum Gasteiger partial charge on any atom is -0.212 e. The first-order valence-corrected chi connectivity index (χ1v) is 4.64. The monoisotopic (exact) mass is 201 g/mol. The molecule has 1 nitrogen and oxygen atoms in total. The summed E-state index contributed by atoms with van der Waals surface area (Å²) in [6.45, 7) is 6.90. The number of nitrogens with zero attached hydrogens (tertiary/aromatic N) is 1. The summed E-state index contributed by atoms with van der Waals surface area (Å²) in [5.41, 5.74) is 1.39. The SMILES string of the molecule is C=CCC(C(=C)F)c1ccc(C#N)cc1. The molecule has 0 N–H and O–H groups in total. The zero-order chi connectivity index (χ0) is 11.3. The normalized spacial score (nSPS) is 11.5. The number of nitriles is 1. The largest absolute Gasteiger partial charge is 0.212 e. The summed E-state index contributed by atoms with van der Waals surface area (Å²) in [5.74, 6) is -0.727. The Kier molecular flexibility index (Phi) is 3.82. The minimum absolute atomic E-state index is 0.352. The van der Waals surface area contributed by atoms with Crippen molar-refractivity contribution in [3.63, 3.8) is 0 Å². The lowest BCUT2D eigenvalue weighted by molar-refractivity contribution is 0.550. The van der Waals surface area contributed by atoms with Gasteiger partial charge >= 0.3 is 0 Å². The van der Waals surface area contributed by atoms with Gasteiger partial charge in [0.25, 0.3) is 0 Å². The minimum atomic E-state index is -0.375. The first kappa shape index (κ1) is 11.2. The summed E-state index contributed by atoms with van der Waals surface area (Å²) in [7, 11) is 0. The van der Waals surface area contributed by atoms with Crippen molar-refractivity contribution in [1.29, 1.82) is 5.26 Å². The first-order valence-electron chi connectivity index (χ1n) is 4.64. The molecule has 0 saturated carbocycles. The van der Waals surface area contributed by atoms with Crippen molar-refractivity contribution in [2.75, 3.05) is 0 Å². The van der Waals surface area contributed by atoms with Gasteiger partial charge in [0, 0.05) is 5.92 Å². The third-order valence-corrected chi connectivity index (χ3v) is 2.22. The van der Waals surface area contributed by atoms with Crippen LogP contribution in [0.15, 0.2) is 49.3 Å².